The van der Waals surface area contributed by atoms with E-state index in [1.54, 1.807) is 0 Å². The average Bonchev–Trinajstić information content (AvgIpc) is 0.976. The number of hydrogen-bond donors (Lipinski definition) is 4. The summed E-state index contributed by atoms with van der Waals surface area (Å²) in [7, 11) is -9.84. The smallest absolute Gasteiger partial charge is 0.463 e. The Morgan fingerprint density at radius 3 is 0.871 bits per heavy atom. The van der Waals surface area contributed by atoms with Crippen LogP contribution in [-0.4, -0.2) is 95.9 Å². The second-order valence-electron chi connectivity index (χ2n) is 24.7. The zero-order chi connectivity index (χ0) is 73.7. The van der Waals surface area contributed by atoms with Crippen LogP contribution in [0.5, 0.6) is 0 Å². The lowest BCUT2D eigenvalue weighted by Crippen LogP contribution is -2.29. The minimum Gasteiger partial charge on any atom is -0.463 e. The van der Waals surface area contributed by atoms with Crippen molar-refractivity contribution in [1.29, 1.82) is 0 Å². The molecule has 0 aromatic carbocycles. The molecular weight excluding hydrogens is 1310 g/mol. The van der Waals surface area contributed by atoms with Gasteiger partial charge in [0.15, 0.2) is 6.10 Å². The lowest BCUT2D eigenvalue weighted by Gasteiger charge is -2.21. The van der Waals surface area contributed by atoms with Gasteiger partial charge in [0, 0.05) is 19.3 Å². The number of esters is 3. The Morgan fingerprint density at radius 2 is 0.545 bits per heavy atom. The summed E-state index contributed by atoms with van der Waals surface area (Å²) in [5.41, 5.74) is 0. The first-order valence-electron chi connectivity index (χ1n) is 38.1. The summed E-state index contributed by atoms with van der Waals surface area (Å²) in [4.78, 5) is 58.6. The van der Waals surface area contributed by atoms with Crippen LogP contribution in [0.2, 0.25) is 0 Å². The van der Waals surface area contributed by atoms with Crippen LogP contribution in [0.4, 0.5) is 0 Å². The maximum Gasteiger partial charge on any atom is 0.472 e. The van der Waals surface area contributed by atoms with Crippen molar-refractivity contribution in [1.82, 2.24) is 0 Å². The van der Waals surface area contributed by atoms with Gasteiger partial charge in [-0.05, 0) is 148 Å². The third-order valence-electron chi connectivity index (χ3n) is 15.1. The summed E-state index contributed by atoms with van der Waals surface area (Å²) in [5.74, 6) is -1.72. The second-order valence-corrected chi connectivity index (χ2v) is 27.6. The summed E-state index contributed by atoms with van der Waals surface area (Å²) in [5, 5.41) is 20.6. The molecule has 0 aromatic rings. The lowest BCUT2D eigenvalue weighted by atomic mass is 10.1. The fourth-order valence-electron chi connectivity index (χ4n) is 9.37. The van der Waals surface area contributed by atoms with E-state index < -0.39 is 91.5 Å². The van der Waals surface area contributed by atoms with Gasteiger partial charge in [-0.1, -0.05) is 280 Å². The number of hydrogen-bond acceptors (Lipinski definition) is 14. The summed E-state index contributed by atoms with van der Waals surface area (Å²) < 4.78 is 61.0. The molecule has 5 atom stereocenters. The number of unbranched alkanes of at least 4 members (excludes halogenated alkanes) is 17. The molecule has 5 unspecified atom stereocenters. The van der Waals surface area contributed by atoms with E-state index >= 15 is 0 Å². The molecule has 16 nitrogen and oxygen atoms in total. The van der Waals surface area contributed by atoms with E-state index in [1.807, 2.05) is 18.2 Å². The predicted octanol–water partition coefficient (Wildman–Crippen LogP) is 22.2. The van der Waals surface area contributed by atoms with E-state index in [0.717, 1.165) is 148 Å². The van der Waals surface area contributed by atoms with Crippen molar-refractivity contribution in [2.75, 3.05) is 39.6 Å². The minimum atomic E-state index is -4.96. The molecule has 0 amide bonds. The zero-order valence-electron chi connectivity index (χ0n) is 62.2. The predicted molar refractivity (Wildman–Crippen MR) is 417 cm³/mol. The number of aliphatic hydroxyl groups is 2. The van der Waals surface area contributed by atoms with Crippen LogP contribution < -0.4 is 0 Å². The standard InChI is InChI=1S/C83H134O16P2/c1-4-7-10-13-16-19-22-25-28-31-34-36-37-38-39-41-44-45-48-51-54-57-60-63-66-69-81(86)93-72-78(84)73-95-100(89,90)96-74-79(85)75-97-101(91,92)98-77-80(99-83(88)71-68-65-62-59-56-53-50-47-42-33-30-27-24-21-18-15-12-9-6-3)76-94-82(87)70-67-64-61-58-55-52-49-46-43-40-35-32-29-26-23-20-17-14-11-8-5-2/h8-9,11-12,16-21,25-30,34-36,38-40,42,46-47,49,53,56,62,65,78-80,84-85H,4-7,10,13-15,22-24,31-33,37,41,43-45,48,50-52,54-55,57-61,63-64,66-77H2,1-3H3,(H,89,90)(H,91,92)/b11-8-,12-9-,19-16-,20-17-,21-18-,28-25-,29-26-,30-27-,36-34-,39-38-,40-35-,47-42-,49-46-,56-53-,65-62-. The molecule has 0 saturated carbocycles. The van der Waals surface area contributed by atoms with Gasteiger partial charge in [0.25, 0.3) is 0 Å². The highest BCUT2D eigenvalue weighted by Crippen LogP contribution is 2.45. The highest BCUT2D eigenvalue weighted by molar-refractivity contribution is 7.47. The van der Waals surface area contributed by atoms with Gasteiger partial charge >= 0.3 is 33.6 Å². The summed E-state index contributed by atoms with van der Waals surface area (Å²) >= 11 is 0. The van der Waals surface area contributed by atoms with E-state index in [-0.39, 0.29) is 19.3 Å². The van der Waals surface area contributed by atoms with E-state index in [0.29, 0.717) is 25.7 Å². The van der Waals surface area contributed by atoms with Crippen LogP contribution in [0.15, 0.2) is 182 Å². The first-order chi connectivity index (χ1) is 49.2. The van der Waals surface area contributed by atoms with Crippen molar-refractivity contribution >= 4 is 33.6 Å². The van der Waals surface area contributed by atoms with Crippen LogP contribution in [0.1, 0.15) is 265 Å². The molecule has 18 heteroatoms. The van der Waals surface area contributed by atoms with Crippen LogP contribution >= 0.6 is 15.6 Å². The van der Waals surface area contributed by atoms with Gasteiger partial charge in [-0.15, -0.1) is 0 Å². The molecule has 101 heavy (non-hydrogen) atoms. The third kappa shape index (κ3) is 75.6. The Kier molecular flexibility index (Phi) is 70.4. The molecule has 0 radical (unpaired) electrons. The number of aliphatic hydroxyl groups excluding tert-OH is 2. The third-order valence-corrected chi connectivity index (χ3v) is 17.0. The normalized spacial score (nSPS) is 15.0. The Balaban J connectivity index is 4.75. The molecule has 0 aromatic heterocycles. The van der Waals surface area contributed by atoms with Crippen molar-refractivity contribution in [3.05, 3.63) is 182 Å². The molecule has 0 heterocycles. The van der Waals surface area contributed by atoms with E-state index in [2.05, 4.69) is 185 Å². The summed E-state index contributed by atoms with van der Waals surface area (Å²) in [6.07, 6.45) is 95.2. The molecule has 0 aliphatic carbocycles. The summed E-state index contributed by atoms with van der Waals surface area (Å²) in [6.45, 7) is 2.28. The monoisotopic (exact) mass is 1450 g/mol. The number of carbonyl (C=O) groups is 3. The molecule has 0 rings (SSSR count). The Hall–Kier alpha value is -5.35. The Labute approximate surface area is 611 Å². The molecular formula is C83H134O16P2. The molecule has 572 valence electrons. The van der Waals surface area contributed by atoms with Crippen LogP contribution in [0.25, 0.3) is 0 Å². The largest absolute Gasteiger partial charge is 0.472 e. The zero-order valence-corrected chi connectivity index (χ0v) is 64.0. The maximum atomic E-state index is 12.9. The Bertz CT molecular complexity index is 2570. The van der Waals surface area contributed by atoms with Gasteiger partial charge in [0.1, 0.15) is 25.4 Å². The SMILES string of the molecule is CC/C=C\C/C=C\C/C=C\C/C=C\C/C=C\C/C=C\CCC(=O)OC(COC(=O)CCCCCCC/C=C\C/C=C\C/C=C\C/C=C\C/C=C\CC)COP(=O)(O)OCC(O)COP(=O)(O)OCC(O)COC(=O)CCCCCCCCCCC/C=C\C/C=C\C/C=C\C/C=C\CCCCC. The molecule has 0 spiro atoms. The van der Waals surface area contributed by atoms with Gasteiger partial charge in [0.2, 0.25) is 0 Å². The van der Waals surface area contributed by atoms with E-state index in [9.17, 15) is 43.5 Å². The van der Waals surface area contributed by atoms with Crippen molar-refractivity contribution in [3.63, 3.8) is 0 Å². The summed E-state index contributed by atoms with van der Waals surface area (Å²) in [6, 6.07) is 0. The Morgan fingerprint density at radius 1 is 0.287 bits per heavy atom. The van der Waals surface area contributed by atoms with Crippen LogP contribution in [0, 0.1) is 0 Å². The molecule has 0 saturated heterocycles. The van der Waals surface area contributed by atoms with Crippen LogP contribution in [-0.2, 0) is 55.8 Å². The lowest BCUT2D eigenvalue weighted by molar-refractivity contribution is -0.161. The topological polar surface area (TPSA) is 231 Å². The number of phosphoric ester groups is 2. The van der Waals surface area contributed by atoms with Gasteiger partial charge in [-0.25, -0.2) is 9.13 Å². The molecule has 4 N–H and O–H groups in total. The van der Waals surface area contributed by atoms with Gasteiger partial charge in [-0.2, -0.15) is 0 Å². The fourth-order valence-corrected chi connectivity index (χ4v) is 11.0. The first-order valence-corrected chi connectivity index (χ1v) is 41.1. The quantitative estimate of drug-likeness (QED) is 0.0146. The minimum absolute atomic E-state index is 0.0332. The first kappa shape index (κ1) is 95.6. The van der Waals surface area contributed by atoms with Crippen LogP contribution in [0.3, 0.4) is 0 Å². The molecule has 0 aliphatic heterocycles. The molecule has 0 fully saturated rings. The number of ether oxygens (including phenoxy) is 3. The van der Waals surface area contributed by atoms with E-state index in [4.69, 9.17) is 32.3 Å². The second kappa shape index (κ2) is 74.4. The van der Waals surface area contributed by atoms with Crippen molar-refractivity contribution < 1.29 is 75.8 Å². The average molecular weight is 1450 g/mol. The van der Waals surface area contributed by atoms with Crippen molar-refractivity contribution in [3.8, 4) is 0 Å². The number of carbonyl (C=O) groups excluding carboxylic acids is 3. The molecule has 0 bridgehead atoms. The highest BCUT2D eigenvalue weighted by atomic mass is 31.2. The van der Waals surface area contributed by atoms with Gasteiger partial charge in [0.05, 0.1) is 26.4 Å². The highest BCUT2D eigenvalue weighted by Gasteiger charge is 2.29. The number of phosphoric acid groups is 2. The number of rotatable bonds is 70. The maximum absolute atomic E-state index is 12.9. The van der Waals surface area contributed by atoms with Gasteiger partial charge < -0.3 is 34.2 Å². The fraction of sp³-hybridized carbons (Fsp3) is 0.602. The van der Waals surface area contributed by atoms with Crippen molar-refractivity contribution in [2.24, 2.45) is 0 Å². The number of allylic oxidation sites excluding steroid dienone is 30. The van der Waals surface area contributed by atoms with E-state index in [1.165, 1.54) is 51.4 Å². The molecule has 0 aliphatic rings. The van der Waals surface area contributed by atoms with Crippen molar-refractivity contribution in [2.45, 2.75) is 283 Å². The van der Waals surface area contributed by atoms with Gasteiger partial charge in [-0.3, -0.25) is 32.5 Å².